The molecule has 4 heterocycles. The van der Waals surface area contributed by atoms with Crippen LogP contribution in [0.1, 0.15) is 56.0 Å². The minimum Gasteiger partial charge on any atom is -0.360 e. The molecule has 1 atom stereocenters. The number of hydrogen-bond acceptors (Lipinski definition) is 4. The van der Waals surface area contributed by atoms with Gasteiger partial charge in [0.2, 0.25) is 5.91 Å². The average Bonchev–Trinajstić information content (AvgIpc) is 3.48. The number of aromatic nitrogens is 4. The highest BCUT2D eigenvalue weighted by molar-refractivity contribution is 7.14. The Bertz CT molecular complexity index is 952. The molecule has 1 aliphatic heterocycles. The summed E-state index contributed by atoms with van der Waals surface area (Å²) < 4.78 is 2.38. The van der Waals surface area contributed by atoms with Gasteiger partial charge in [-0.2, -0.15) is 0 Å². The van der Waals surface area contributed by atoms with Gasteiger partial charge < -0.3 is 14.9 Å². The summed E-state index contributed by atoms with van der Waals surface area (Å²) in [5.41, 5.74) is 3.04. The molecule has 0 saturated heterocycles. The number of carbonyl (C=O) groups is 1. The normalized spacial score (nSPS) is 20.1. The van der Waals surface area contributed by atoms with Crippen molar-refractivity contribution in [3.8, 4) is 11.4 Å². The van der Waals surface area contributed by atoms with Gasteiger partial charge in [0.05, 0.1) is 11.4 Å². The van der Waals surface area contributed by atoms with Crippen LogP contribution in [0.25, 0.3) is 11.4 Å². The largest absolute Gasteiger partial charge is 0.360 e. The van der Waals surface area contributed by atoms with E-state index in [2.05, 4.69) is 19.9 Å². The lowest BCUT2D eigenvalue weighted by molar-refractivity contribution is -0.120. The fourth-order valence-electron chi connectivity index (χ4n) is 4.55. The molecule has 2 N–H and O–H groups in total. The molecule has 1 amide bonds. The molecule has 0 aromatic carbocycles. The van der Waals surface area contributed by atoms with Crippen LogP contribution >= 0.6 is 11.3 Å². The van der Waals surface area contributed by atoms with Crippen molar-refractivity contribution in [1.82, 2.24) is 19.5 Å². The standard InChI is InChI=1S/C21H25N5OS/c27-20(25-21-24-18(13-28-21)17-7-4-9-22-17)15-8-10-26-16(11-15)12-23-19(26)14-5-2-1-3-6-14/h4,7,9,12-15,22H,1-3,5-6,8,10-11H2,(H,24,25,27). The summed E-state index contributed by atoms with van der Waals surface area (Å²) in [6, 6.07) is 3.92. The predicted octanol–water partition coefficient (Wildman–Crippen LogP) is 4.58. The van der Waals surface area contributed by atoms with E-state index >= 15 is 0 Å². The minimum absolute atomic E-state index is 0.0127. The summed E-state index contributed by atoms with van der Waals surface area (Å²) in [4.78, 5) is 25.2. The number of thiazole rings is 1. The fourth-order valence-corrected chi connectivity index (χ4v) is 5.26. The Morgan fingerprint density at radius 1 is 1.25 bits per heavy atom. The molecule has 0 spiro atoms. The van der Waals surface area contributed by atoms with Gasteiger partial charge in [0.25, 0.3) is 0 Å². The van der Waals surface area contributed by atoms with Crippen molar-refractivity contribution in [3.05, 3.63) is 41.4 Å². The second-order valence-corrected chi connectivity index (χ2v) is 8.75. The first-order chi connectivity index (χ1) is 13.8. The molecule has 5 rings (SSSR count). The lowest BCUT2D eigenvalue weighted by atomic mass is 9.88. The van der Waals surface area contributed by atoms with Crippen molar-refractivity contribution < 1.29 is 4.79 Å². The maximum absolute atomic E-state index is 12.8. The van der Waals surface area contributed by atoms with Crippen LogP contribution in [-0.4, -0.2) is 25.4 Å². The monoisotopic (exact) mass is 395 g/mol. The third-order valence-corrected chi connectivity index (χ3v) is 6.83. The Morgan fingerprint density at radius 3 is 2.96 bits per heavy atom. The van der Waals surface area contributed by atoms with Gasteiger partial charge in [0.15, 0.2) is 5.13 Å². The number of H-pyrrole nitrogens is 1. The number of hydrogen-bond donors (Lipinski definition) is 2. The molecule has 1 fully saturated rings. The summed E-state index contributed by atoms with van der Waals surface area (Å²) >= 11 is 1.47. The molecule has 7 heteroatoms. The molecule has 0 bridgehead atoms. The summed E-state index contributed by atoms with van der Waals surface area (Å²) in [6.45, 7) is 0.894. The Kier molecular flexibility index (Phi) is 4.76. The van der Waals surface area contributed by atoms with E-state index in [9.17, 15) is 4.79 Å². The van der Waals surface area contributed by atoms with Gasteiger partial charge >= 0.3 is 0 Å². The quantitative estimate of drug-likeness (QED) is 0.679. The van der Waals surface area contributed by atoms with E-state index in [1.165, 1.54) is 55.0 Å². The third-order valence-electron chi connectivity index (χ3n) is 6.08. The van der Waals surface area contributed by atoms with E-state index in [1.807, 2.05) is 29.9 Å². The zero-order chi connectivity index (χ0) is 18.9. The number of nitrogens with zero attached hydrogens (tertiary/aromatic N) is 3. The summed E-state index contributed by atoms with van der Waals surface area (Å²) in [6.07, 6.45) is 12.0. The summed E-state index contributed by atoms with van der Waals surface area (Å²) in [5, 5.41) is 5.65. The van der Waals surface area contributed by atoms with Gasteiger partial charge in [0, 0.05) is 48.3 Å². The van der Waals surface area contributed by atoms with Crippen molar-refractivity contribution in [1.29, 1.82) is 0 Å². The second kappa shape index (κ2) is 7.54. The van der Waals surface area contributed by atoms with Crippen LogP contribution in [0.2, 0.25) is 0 Å². The molecule has 2 aliphatic rings. The third kappa shape index (κ3) is 3.39. The van der Waals surface area contributed by atoms with Crippen molar-refractivity contribution in [3.63, 3.8) is 0 Å². The van der Waals surface area contributed by atoms with Crippen molar-refractivity contribution in [2.45, 2.75) is 57.4 Å². The Labute approximate surface area is 168 Å². The van der Waals surface area contributed by atoms with Crippen LogP contribution in [0.3, 0.4) is 0 Å². The first-order valence-electron chi connectivity index (χ1n) is 10.2. The molecule has 1 saturated carbocycles. The molecule has 146 valence electrons. The SMILES string of the molecule is O=C(Nc1nc(-c2ccc[nH]2)cs1)C1CCn2c(cnc2C2CCCCC2)C1. The number of amides is 1. The fraction of sp³-hybridized carbons (Fsp3) is 0.476. The lowest BCUT2D eigenvalue weighted by Gasteiger charge is -2.27. The number of imidazole rings is 1. The second-order valence-electron chi connectivity index (χ2n) is 7.89. The molecule has 28 heavy (non-hydrogen) atoms. The maximum Gasteiger partial charge on any atom is 0.229 e. The van der Waals surface area contributed by atoms with E-state index in [0.717, 1.165) is 30.8 Å². The first kappa shape index (κ1) is 17.7. The number of fused-ring (bicyclic) bond motifs is 1. The highest BCUT2D eigenvalue weighted by atomic mass is 32.1. The van der Waals surface area contributed by atoms with E-state index < -0.39 is 0 Å². The smallest absolute Gasteiger partial charge is 0.229 e. The molecule has 1 unspecified atom stereocenters. The van der Waals surface area contributed by atoms with Gasteiger partial charge in [-0.15, -0.1) is 11.3 Å². The predicted molar refractivity (Wildman–Crippen MR) is 110 cm³/mol. The van der Waals surface area contributed by atoms with Crippen LogP contribution in [0.4, 0.5) is 5.13 Å². The number of nitrogens with one attached hydrogen (secondary N) is 2. The Hall–Kier alpha value is -2.41. The molecular weight excluding hydrogens is 370 g/mol. The topological polar surface area (TPSA) is 75.6 Å². The molecule has 3 aromatic rings. The van der Waals surface area contributed by atoms with Crippen LogP contribution < -0.4 is 5.32 Å². The summed E-state index contributed by atoms with van der Waals surface area (Å²) in [5.74, 6) is 1.92. The number of aromatic amines is 1. The van der Waals surface area contributed by atoms with Gasteiger partial charge in [-0.3, -0.25) is 4.79 Å². The van der Waals surface area contributed by atoms with E-state index in [1.54, 1.807) is 0 Å². The van der Waals surface area contributed by atoms with Gasteiger partial charge in [-0.05, 0) is 31.4 Å². The van der Waals surface area contributed by atoms with Crippen molar-refractivity contribution in [2.75, 3.05) is 5.32 Å². The Morgan fingerprint density at radius 2 is 2.14 bits per heavy atom. The lowest BCUT2D eigenvalue weighted by Crippen LogP contribution is -2.31. The number of rotatable bonds is 4. The van der Waals surface area contributed by atoms with Gasteiger partial charge in [-0.1, -0.05) is 19.3 Å². The van der Waals surface area contributed by atoms with Gasteiger partial charge in [0.1, 0.15) is 5.82 Å². The maximum atomic E-state index is 12.8. The molecule has 6 nitrogen and oxygen atoms in total. The van der Waals surface area contributed by atoms with Gasteiger partial charge in [-0.25, -0.2) is 9.97 Å². The average molecular weight is 396 g/mol. The number of carbonyl (C=O) groups excluding carboxylic acids is 1. The zero-order valence-electron chi connectivity index (χ0n) is 15.9. The highest BCUT2D eigenvalue weighted by Gasteiger charge is 2.29. The van der Waals surface area contributed by atoms with Crippen LogP contribution in [0.15, 0.2) is 29.9 Å². The van der Waals surface area contributed by atoms with E-state index in [0.29, 0.717) is 11.0 Å². The molecule has 3 aromatic heterocycles. The van der Waals surface area contributed by atoms with Crippen LogP contribution in [-0.2, 0) is 17.8 Å². The van der Waals surface area contributed by atoms with Crippen molar-refractivity contribution >= 4 is 22.4 Å². The van der Waals surface area contributed by atoms with Crippen LogP contribution in [0.5, 0.6) is 0 Å². The molecular formula is C21H25N5OS. The van der Waals surface area contributed by atoms with E-state index in [-0.39, 0.29) is 11.8 Å². The minimum atomic E-state index is -0.0127. The number of anilines is 1. The van der Waals surface area contributed by atoms with E-state index in [4.69, 9.17) is 4.98 Å². The highest BCUT2D eigenvalue weighted by Crippen LogP contribution is 2.34. The Balaban J connectivity index is 1.25. The summed E-state index contributed by atoms with van der Waals surface area (Å²) in [7, 11) is 0. The van der Waals surface area contributed by atoms with Crippen molar-refractivity contribution in [2.24, 2.45) is 5.92 Å². The first-order valence-corrected chi connectivity index (χ1v) is 11.1. The molecule has 1 aliphatic carbocycles. The van der Waals surface area contributed by atoms with Crippen LogP contribution in [0, 0.1) is 5.92 Å². The molecule has 0 radical (unpaired) electrons. The zero-order valence-corrected chi connectivity index (χ0v) is 16.7.